The molecule has 0 saturated carbocycles. The van der Waals surface area contributed by atoms with Gasteiger partial charge in [0, 0.05) is 31.4 Å². The summed E-state index contributed by atoms with van der Waals surface area (Å²) in [6.07, 6.45) is 3.47. The fourth-order valence-electron chi connectivity index (χ4n) is 3.63. The van der Waals surface area contributed by atoms with E-state index in [1.54, 1.807) is 6.07 Å². The number of hydrogen-bond acceptors (Lipinski definition) is 7. The van der Waals surface area contributed by atoms with Crippen LogP contribution in [0.5, 0.6) is 5.75 Å². The number of carbonyl (C=O) groups is 2. The van der Waals surface area contributed by atoms with Crippen molar-refractivity contribution < 1.29 is 24.0 Å². The first-order valence-electron chi connectivity index (χ1n) is 9.52. The summed E-state index contributed by atoms with van der Waals surface area (Å²) in [4.78, 5) is 36.7. The van der Waals surface area contributed by atoms with Crippen molar-refractivity contribution >= 4 is 23.3 Å². The molecule has 1 fully saturated rings. The van der Waals surface area contributed by atoms with Crippen molar-refractivity contribution in [3.63, 3.8) is 0 Å². The minimum Gasteiger partial charge on any atom is -0.494 e. The van der Waals surface area contributed by atoms with E-state index in [2.05, 4.69) is 5.32 Å². The fraction of sp³-hybridized carbons (Fsp3) is 0.400. The van der Waals surface area contributed by atoms with Crippen molar-refractivity contribution in [2.24, 2.45) is 0 Å². The highest BCUT2D eigenvalue weighted by Gasteiger charge is 2.25. The average Bonchev–Trinajstić information content (AvgIpc) is 3.23. The molecule has 0 radical (unpaired) electrons. The number of hydrogen-bond donors (Lipinski definition) is 1. The Morgan fingerprint density at radius 1 is 1.23 bits per heavy atom. The molecule has 10 heteroatoms. The molecule has 1 aromatic heterocycles. The van der Waals surface area contributed by atoms with Crippen LogP contribution >= 0.6 is 0 Å². The molecule has 3 rings (SSSR count). The number of ether oxygens (including phenoxy) is 2. The second kappa shape index (κ2) is 9.40. The number of esters is 1. The van der Waals surface area contributed by atoms with Crippen molar-refractivity contribution in [1.29, 1.82) is 0 Å². The molecule has 1 aliphatic rings. The largest absolute Gasteiger partial charge is 0.494 e. The Hall–Kier alpha value is -3.40. The lowest BCUT2D eigenvalue weighted by atomic mass is 10.0. The molecule has 1 saturated heterocycles. The van der Waals surface area contributed by atoms with Crippen LogP contribution in [0.3, 0.4) is 0 Å². The molecule has 1 aliphatic heterocycles. The number of benzene rings is 1. The maximum Gasteiger partial charge on any atom is 0.354 e. The third kappa shape index (κ3) is 4.77. The smallest absolute Gasteiger partial charge is 0.354 e. The molecular weight excluding hydrogens is 392 g/mol. The Morgan fingerprint density at radius 3 is 2.60 bits per heavy atom. The van der Waals surface area contributed by atoms with Gasteiger partial charge in [-0.3, -0.25) is 19.8 Å². The van der Waals surface area contributed by atoms with E-state index < -0.39 is 4.92 Å². The van der Waals surface area contributed by atoms with Crippen LogP contribution in [0, 0.1) is 10.1 Å². The second-order valence-corrected chi connectivity index (χ2v) is 6.99. The van der Waals surface area contributed by atoms with Gasteiger partial charge in [0.05, 0.1) is 37.4 Å². The molecule has 10 nitrogen and oxygen atoms in total. The van der Waals surface area contributed by atoms with Gasteiger partial charge in [-0.2, -0.15) is 0 Å². The van der Waals surface area contributed by atoms with Gasteiger partial charge in [-0.1, -0.05) is 0 Å². The number of nitrogens with one attached hydrogen (secondary N) is 1. The average molecular weight is 416 g/mol. The van der Waals surface area contributed by atoms with Crippen LogP contribution in [-0.2, 0) is 9.53 Å². The maximum atomic E-state index is 12.5. The Balaban J connectivity index is 1.55. The predicted molar refractivity (Wildman–Crippen MR) is 109 cm³/mol. The van der Waals surface area contributed by atoms with Gasteiger partial charge in [-0.05, 0) is 31.0 Å². The van der Waals surface area contributed by atoms with Crippen molar-refractivity contribution in [3.8, 4) is 5.75 Å². The minimum atomic E-state index is -0.519. The molecule has 30 heavy (non-hydrogen) atoms. The zero-order chi connectivity index (χ0) is 21.7. The molecule has 0 unspecified atom stereocenters. The van der Waals surface area contributed by atoms with Crippen molar-refractivity contribution in [1.82, 2.24) is 9.47 Å². The number of aromatic nitrogens is 1. The van der Waals surface area contributed by atoms with E-state index in [4.69, 9.17) is 9.47 Å². The van der Waals surface area contributed by atoms with Crippen LogP contribution in [-0.4, -0.2) is 60.1 Å². The summed E-state index contributed by atoms with van der Waals surface area (Å²) >= 11 is 0. The van der Waals surface area contributed by atoms with Crippen LogP contribution in [0.2, 0.25) is 0 Å². The molecule has 1 amide bonds. The van der Waals surface area contributed by atoms with Gasteiger partial charge in [-0.15, -0.1) is 0 Å². The predicted octanol–water partition coefficient (Wildman–Crippen LogP) is 2.47. The molecule has 0 spiro atoms. The summed E-state index contributed by atoms with van der Waals surface area (Å²) in [5.41, 5.74) is 0.806. The quantitative estimate of drug-likeness (QED) is 0.419. The fourth-order valence-corrected chi connectivity index (χ4v) is 3.63. The lowest BCUT2D eigenvalue weighted by Gasteiger charge is -2.32. The molecule has 2 aromatic rings. The molecule has 1 N–H and O–H groups in total. The highest BCUT2D eigenvalue weighted by atomic mass is 16.6. The zero-order valence-corrected chi connectivity index (χ0v) is 16.9. The molecule has 0 bridgehead atoms. The molecular formula is C20H24N4O6. The topological polar surface area (TPSA) is 116 Å². The third-order valence-corrected chi connectivity index (χ3v) is 5.16. The maximum absolute atomic E-state index is 12.5. The standard InChI is InChI=1S/C20H24N4O6/c1-29-18-12-15(24(27)28)5-6-16(18)21-19(25)13-22-10-7-14(8-11-22)23-9-3-4-17(23)20(26)30-2/h3-6,9,12,14H,7-8,10-11,13H2,1-2H3,(H,21,25). The number of likely N-dealkylation sites (tertiary alicyclic amines) is 1. The molecule has 0 atom stereocenters. The lowest BCUT2D eigenvalue weighted by molar-refractivity contribution is -0.384. The van der Waals surface area contributed by atoms with Gasteiger partial charge in [0.15, 0.2) is 0 Å². The van der Waals surface area contributed by atoms with Gasteiger partial charge >= 0.3 is 5.97 Å². The van der Waals surface area contributed by atoms with Gasteiger partial charge in [-0.25, -0.2) is 4.79 Å². The normalized spacial score (nSPS) is 14.9. The van der Waals surface area contributed by atoms with Crippen molar-refractivity contribution in [2.45, 2.75) is 18.9 Å². The summed E-state index contributed by atoms with van der Waals surface area (Å²) in [6.45, 7) is 1.60. The van der Waals surface area contributed by atoms with Crippen LogP contribution in [0.15, 0.2) is 36.5 Å². The number of amides is 1. The van der Waals surface area contributed by atoms with Gasteiger partial charge in [0.1, 0.15) is 11.4 Å². The van der Waals surface area contributed by atoms with Crippen molar-refractivity contribution in [3.05, 3.63) is 52.3 Å². The highest BCUT2D eigenvalue weighted by Crippen LogP contribution is 2.29. The zero-order valence-electron chi connectivity index (χ0n) is 16.9. The molecule has 2 heterocycles. The summed E-state index contributed by atoms with van der Waals surface area (Å²) in [5, 5.41) is 13.6. The van der Waals surface area contributed by atoms with E-state index in [1.165, 1.54) is 32.4 Å². The van der Waals surface area contributed by atoms with Crippen LogP contribution < -0.4 is 10.1 Å². The molecule has 1 aromatic carbocycles. The third-order valence-electron chi connectivity index (χ3n) is 5.16. The Morgan fingerprint density at radius 2 is 1.97 bits per heavy atom. The van der Waals surface area contributed by atoms with Gasteiger partial charge in [0.2, 0.25) is 5.91 Å². The monoisotopic (exact) mass is 416 g/mol. The van der Waals surface area contributed by atoms with E-state index >= 15 is 0 Å². The Kier molecular flexibility index (Phi) is 6.68. The Labute approximate surface area is 173 Å². The number of methoxy groups -OCH3 is 2. The first-order valence-corrected chi connectivity index (χ1v) is 9.52. The lowest BCUT2D eigenvalue weighted by Crippen LogP contribution is -2.40. The summed E-state index contributed by atoms with van der Waals surface area (Å²) in [7, 11) is 2.75. The van der Waals surface area contributed by atoms with Gasteiger partial charge < -0.3 is 19.4 Å². The van der Waals surface area contributed by atoms with Crippen LogP contribution in [0.4, 0.5) is 11.4 Å². The second-order valence-electron chi connectivity index (χ2n) is 6.99. The van der Waals surface area contributed by atoms with Crippen LogP contribution in [0.1, 0.15) is 29.4 Å². The van der Waals surface area contributed by atoms with E-state index in [0.717, 1.165) is 12.8 Å². The molecule has 0 aliphatic carbocycles. The number of nitro groups is 1. The molecule has 160 valence electrons. The first kappa shape index (κ1) is 21.3. The Bertz CT molecular complexity index is 933. The SMILES string of the molecule is COC(=O)c1cccn1C1CCN(CC(=O)Nc2ccc([N+](=O)[O-])cc2OC)CC1. The number of rotatable bonds is 7. The van der Waals surface area contributed by atoms with E-state index in [-0.39, 0.29) is 35.9 Å². The van der Waals surface area contributed by atoms with E-state index in [0.29, 0.717) is 24.5 Å². The number of nitrogens with zero attached hydrogens (tertiary/aromatic N) is 3. The van der Waals surface area contributed by atoms with Crippen molar-refractivity contribution in [2.75, 3.05) is 39.2 Å². The number of piperidine rings is 1. The summed E-state index contributed by atoms with van der Waals surface area (Å²) < 4.78 is 11.9. The van der Waals surface area contributed by atoms with E-state index in [1.807, 2.05) is 21.7 Å². The minimum absolute atomic E-state index is 0.108. The number of nitro benzene ring substituents is 1. The van der Waals surface area contributed by atoms with Crippen LogP contribution in [0.25, 0.3) is 0 Å². The number of anilines is 1. The number of non-ortho nitro benzene ring substituents is 1. The summed E-state index contributed by atoms with van der Waals surface area (Å²) in [6, 6.07) is 7.79. The van der Waals surface area contributed by atoms with Gasteiger partial charge in [0.25, 0.3) is 5.69 Å². The summed E-state index contributed by atoms with van der Waals surface area (Å²) in [5.74, 6) is -0.352. The highest BCUT2D eigenvalue weighted by molar-refractivity contribution is 5.94. The first-order chi connectivity index (χ1) is 14.4. The van der Waals surface area contributed by atoms with E-state index in [9.17, 15) is 19.7 Å². The number of carbonyl (C=O) groups excluding carboxylic acids is 2.